The summed E-state index contributed by atoms with van der Waals surface area (Å²) >= 11 is 8.95. The molecule has 0 aliphatic carbocycles. The lowest BCUT2D eigenvalue weighted by Gasteiger charge is -2.06. The maximum atomic E-state index is 11.0. The summed E-state index contributed by atoms with van der Waals surface area (Å²) in [6.07, 6.45) is 1.24. The third-order valence-electron chi connectivity index (χ3n) is 2.30. The number of anilines is 1. The number of aromatic nitrogens is 4. The summed E-state index contributed by atoms with van der Waals surface area (Å²) in [7, 11) is 0. The van der Waals surface area contributed by atoms with Gasteiger partial charge in [0.05, 0.1) is 4.92 Å². The summed E-state index contributed by atoms with van der Waals surface area (Å²) in [5.74, 6) is 0.0674. The van der Waals surface area contributed by atoms with E-state index in [0.29, 0.717) is 4.47 Å². The number of benzene rings is 1. The van der Waals surface area contributed by atoms with Crippen LogP contribution in [0.5, 0.6) is 0 Å². The van der Waals surface area contributed by atoms with E-state index in [4.69, 9.17) is 16.9 Å². The third kappa shape index (κ3) is 3.33. The summed E-state index contributed by atoms with van der Waals surface area (Å²) in [4.78, 5) is 10.4. The van der Waals surface area contributed by atoms with Crippen molar-refractivity contribution in [2.75, 3.05) is 5.32 Å². The number of allylic oxidation sites excluding steroid dienone is 1. The van der Waals surface area contributed by atoms with Crippen LogP contribution in [0.4, 0.5) is 11.4 Å². The Labute approximate surface area is 130 Å². The van der Waals surface area contributed by atoms with E-state index in [-0.39, 0.29) is 27.8 Å². The standard InChI is InChI=1S/C10H5BrClN7O2/c11-7-1-6(12)2-8(19(20)21)9(7)14-4-5(3-13)10-15-17-18-16-10/h1-2,4,14H,(H,15,16,17,18). The molecule has 2 N–H and O–H groups in total. The van der Waals surface area contributed by atoms with E-state index >= 15 is 0 Å². The Morgan fingerprint density at radius 3 is 2.95 bits per heavy atom. The Morgan fingerprint density at radius 1 is 1.62 bits per heavy atom. The molecule has 0 bridgehead atoms. The largest absolute Gasteiger partial charge is 0.354 e. The Kier molecular flexibility index (Phi) is 4.46. The maximum absolute atomic E-state index is 11.0. The Bertz CT molecular complexity index is 754. The molecule has 0 radical (unpaired) electrons. The predicted molar refractivity (Wildman–Crippen MR) is 77.2 cm³/mol. The summed E-state index contributed by atoms with van der Waals surface area (Å²) < 4.78 is 0.378. The van der Waals surface area contributed by atoms with Crippen LogP contribution in [0, 0.1) is 21.4 Å². The second-order valence-electron chi connectivity index (χ2n) is 3.59. The second-order valence-corrected chi connectivity index (χ2v) is 4.88. The SMILES string of the molecule is N#CC(=CNc1c(Br)cc(Cl)cc1[N+](=O)[O-])c1nn[nH]n1. The van der Waals surface area contributed by atoms with Gasteiger partial charge >= 0.3 is 0 Å². The van der Waals surface area contributed by atoms with Gasteiger partial charge in [-0.1, -0.05) is 11.6 Å². The molecule has 11 heteroatoms. The van der Waals surface area contributed by atoms with E-state index in [9.17, 15) is 10.1 Å². The van der Waals surface area contributed by atoms with E-state index < -0.39 is 4.92 Å². The molecule has 0 aliphatic heterocycles. The van der Waals surface area contributed by atoms with Crippen molar-refractivity contribution in [1.29, 1.82) is 5.26 Å². The molecular weight excluding hydrogens is 366 g/mol. The summed E-state index contributed by atoms with van der Waals surface area (Å²) in [6.45, 7) is 0. The first-order valence-electron chi connectivity index (χ1n) is 5.27. The fraction of sp³-hybridized carbons (Fsp3) is 0. The van der Waals surface area contributed by atoms with Gasteiger partial charge in [0.15, 0.2) is 0 Å². The highest BCUT2D eigenvalue weighted by atomic mass is 79.9. The zero-order valence-corrected chi connectivity index (χ0v) is 12.4. The topological polar surface area (TPSA) is 133 Å². The molecular formula is C10H5BrClN7O2. The molecule has 0 fully saturated rings. The molecule has 0 amide bonds. The number of H-pyrrole nitrogens is 1. The van der Waals surface area contributed by atoms with Crippen LogP contribution in [0.15, 0.2) is 22.8 Å². The average Bonchev–Trinajstić information content (AvgIpc) is 2.94. The number of hydrogen-bond donors (Lipinski definition) is 2. The molecule has 0 atom stereocenters. The smallest absolute Gasteiger partial charge is 0.295 e. The van der Waals surface area contributed by atoms with Crippen molar-refractivity contribution in [1.82, 2.24) is 20.6 Å². The Hall–Kier alpha value is -2.51. The van der Waals surface area contributed by atoms with Gasteiger partial charge in [-0.3, -0.25) is 10.1 Å². The van der Waals surface area contributed by atoms with Crippen LogP contribution in [-0.2, 0) is 0 Å². The molecule has 1 aromatic carbocycles. The monoisotopic (exact) mass is 369 g/mol. The molecule has 0 saturated carbocycles. The van der Waals surface area contributed by atoms with E-state index in [2.05, 4.69) is 41.9 Å². The Morgan fingerprint density at radius 2 is 2.38 bits per heavy atom. The predicted octanol–water partition coefficient (Wildman–Crippen LogP) is 2.50. The van der Waals surface area contributed by atoms with Gasteiger partial charge in [-0.05, 0) is 27.2 Å². The van der Waals surface area contributed by atoms with Crippen molar-refractivity contribution < 1.29 is 4.92 Å². The van der Waals surface area contributed by atoms with Crippen LogP contribution < -0.4 is 5.32 Å². The van der Waals surface area contributed by atoms with Crippen molar-refractivity contribution in [2.45, 2.75) is 0 Å². The van der Waals surface area contributed by atoms with Crippen molar-refractivity contribution >= 4 is 44.5 Å². The second kappa shape index (κ2) is 6.29. The first-order valence-corrected chi connectivity index (χ1v) is 6.44. The molecule has 9 nitrogen and oxygen atoms in total. The van der Waals surface area contributed by atoms with Crippen molar-refractivity contribution in [3.8, 4) is 6.07 Å². The zero-order chi connectivity index (χ0) is 15.4. The molecule has 0 unspecified atom stereocenters. The number of nitro groups is 1. The van der Waals surface area contributed by atoms with Crippen molar-refractivity contribution in [3.63, 3.8) is 0 Å². The van der Waals surface area contributed by atoms with Gasteiger partial charge in [0.1, 0.15) is 17.3 Å². The number of nitriles is 1. The lowest BCUT2D eigenvalue weighted by Crippen LogP contribution is -1.99. The average molecular weight is 371 g/mol. The first-order chi connectivity index (χ1) is 10.0. The minimum Gasteiger partial charge on any atom is -0.354 e. The summed E-state index contributed by atoms with van der Waals surface area (Å²) in [5.41, 5.74) is -0.0310. The van der Waals surface area contributed by atoms with Gasteiger partial charge in [0.25, 0.3) is 5.69 Å². The van der Waals surface area contributed by atoms with Crippen LogP contribution in [0.25, 0.3) is 5.57 Å². The molecule has 1 heterocycles. The third-order valence-corrected chi connectivity index (χ3v) is 3.14. The maximum Gasteiger partial charge on any atom is 0.295 e. The van der Waals surface area contributed by atoms with Gasteiger partial charge in [0, 0.05) is 21.8 Å². The first kappa shape index (κ1) is 14.9. The normalized spacial score (nSPS) is 11.0. The Balaban J connectivity index is 2.40. The van der Waals surface area contributed by atoms with Gasteiger partial charge in [-0.15, -0.1) is 10.2 Å². The molecule has 2 rings (SSSR count). The molecule has 0 aliphatic rings. The number of hydrogen-bond acceptors (Lipinski definition) is 7. The number of halogens is 2. The van der Waals surface area contributed by atoms with Crippen molar-refractivity contribution in [2.24, 2.45) is 0 Å². The van der Waals surface area contributed by atoms with Crippen LogP contribution >= 0.6 is 27.5 Å². The molecule has 21 heavy (non-hydrogen) atoms. The number of nitrogens with one attached hydrogen (secondary N) is 2. The zero-order valence-electron chi connectivity index (χ0n) is 10.0. The fourth-order valence-electron chi connectivity index (χ4n) is 1.41. The van der Waals surface area contributed by atoms with Crippen LogP contribution in [0.3, 0.4) is 0 Å². The van der Waals surface area contributed by atoms with E-state index in [1.807, 2.05) is 6.07 Å². The number of nitrogens with zero attached hydrogens (tertiary/aromatic N) is 5. The van der Waals surface area contributed by atoms with Gasteiger partial charge in [-0.25, -0.2) is 0 Å². The van der Waals surface area contributed by atoms with Crippen LogP contribution in [0.2, 0.25) is 5.02 Å². The molecule has 0 spiro atoms. The minimum atomic E-state index is -0.590. The van der Waals surface area contributed by atoms with E-state index in [1.165, 1.54) is 18.3 Å². The minimum absolute atomic E-state index is 0.0555. The highest BCUT2D eigenvalue weighted by molar-refractivity contribution is 9.10. The van der Waals surface area contributed by atoms with Crippen LogP contribution in [-0.4, -0.2) is 25.5 Å². The molecule has 1 aromatic heterocycles. The summed E-state index contributed by atoms with van der Waals surface area (Å²) in [6, 6.07) is 4.55. The quantitative estimate of drug-likeness (QED) is 0.479. The van der Waals surface area contributed by atoms with Crippen molar-refractivity contribution in [3.05, 3.63) is 43.8 Å². The highest BCUT2D eigenvalue weighted by Crippen LogP contribution is 2.36. The van der Waals surface area contributed by atoms with Gasteiger partial charge in [-0.2, -0.15) is 10.5 Å². The fourth-order valence-corrected chi connectivity index (χ4v) is 2.32. The van der Waals surface area contributed by atoms with Gasteiger partial charge in [0.2, 0.25) is 5.82 Å². The van der Waals surface area contributed by atoms with Gasteiger partial charge < -0.3 is 5.32 Å². The lowest BCUT2D eigenvalue weighted by atomic mass is 10.2. The number of rotatable bonds is 4. The summed E-state index contributed by atoms with van der Waals surface area (Å²) in [5, 5.41) is 35.8. The number of aromatic amines is 1. The van der Waals surface area contributed by atoms with E-state index in [0.717, 1.165) is 0 Å². The number of tetrazole rings is 1. The molecule has 0 saturated heterocycles. The van der Waals surface area contributed by atoms with Crippen LogP contribution in [0.1, 0.15) is 5.82 Å². The number of nitro benzene ring substituents is 1. The molecule has 2 aromatic rings. The van der Waals surface area contributed by atoms with E-state index in [1.54, 1.807) is 0 Å². The molecule has 106 valence electrons. The highest BCUT2D eigenvalue weighted by Gasteiger charge is 2.18. The lowest BCUT2D eigenvalue weighted by molar-refractivity contribution is -0.384.